The molecule has 0 bridgehead atoms. The predicted octanol–water partition coefficient (Wildman–Crippen LogP) is 8.91. The summed E-state index contributed by atoms with van der Waals surface area (Å²) in [6.45, 7) is 18.5. The van der Waals surface area contributed by atoms with Crippen LogP contribution in [0.25, 0.3) is 43.2 Å². The number of nitrogens with one attached hydrogen (secondary N) is 2. The first-order valence-corrected chi connectivity index (χ1v) is 28.9. The van der Waals surface area contributed by atoms with Gasteiger partial charge in [0.05, 0.1) is 39.9 Å². The van der Waals surface area contributed by atoms with E-state index in [1.807, 2.05) is 114 Å². The number of aliphatic hydroxyl groups is 1. The van der Waals surface area contributed by atoms with Gasteiger partial charge in [0.15, 0.2) is 5.82 Å². The normalized spacial score (nSPS) is 18.3. The van der Waals surface area contributed by atoms with E-state index in [-0.39, 0.29) is 71.9 Å². The molecular formula is C60H73ClFN9O9S. The van der Waals surface area contributed by atoms with Gasteiger partial charge in [-0.05, 0) is 118 Å². The van der Waals surface area contributed by atoms with E-state index < -0.39 is 52.9 Å². The number of rotatable bonds is 16. The second-order valence-electron chi connectivity index (χ2n) is 23.5. The molecule has 4 atom stereocenters. The molecule has 21 heteroatoms. The van der Waals surface area contributed by atoms with E-state index in [9.17, 15) is 29.4 Å². The van der Waals surface area contributed by atoms with Crippen LogP contribution in [0.5, 0.6) is 11.8 Å². The molecule has 4 N–H and O–H groups in total. The molecule has 6 aromatic rings. The summed E-state index contributed by atoms with van der Waals surface area (Å²) >= 11 is 8.52. The molecule has 0 spiro atoms. The zero-order valence-electron chi connectivity index (χ0n) is 47.3. The quantitative estimate of drug-likeness (QED) is 0.0713. The Bertz CT molecular complexity index is 3260. The fourth-order valence-electron chi connectivity index (χ4n) is 10.8. The molecule has 432 valence electrons. The van der Waals surface area contributed by atoms with Crippen molar-refractivity contribution in [2.24, 2.45) is 11.3 Å². The van der Waals surface area contributed by atoms with Gasteiger partial charge in [0.2, 0.25) is 17.7 Å². The molecule has 4 aromatic carbocycles. The van der Waals surface area contributed by atoms with E-state index in [4.69, 9.17) is 30.8 Å². The number of aromatic nitrogens is 3. The molecule has 81 heavy (non-hydrogen) atoms. The van der Waals surface area contributed by atoms with Crippen LogP contribution < -0.4 is 20.3 Å². The van der Waals surface area contributed by atoms with Crippen LogP contribution in [0.4, 0.5) is 15.0 Å². The molecule has 5 heterocycles. The number of aliphatic hydroxyl groups excluding tert-OH is 1. The predicted molar refractivity (Wildman–Crippen MR) is 311 cm³/mol. The molecular weight excluding hydrogens is 1080 g/mol. The Labute approximate surface area is 480 Å². The van der Waals surface area contributed by atoms with Crippen LogP contribution >= 0.6 is 22.9 Å². The van der Waals surface area contributed by atoms with Gasteiger partial charge in [-0.25, -0.2) is 14.2 Å². The Kier molecular flexibility index (Phi) is 18.0. The second-order valence-corrected chi connectivity index (χ2v) is 24.7. The van der Waals surface area contributed by atoms with E-state index >= 15 is 4.39 Å². The number of aryl methyl sites for hydroxylation is 1. The molecule has 3 aliphatic rings. The average molecular weight is 1150 g/mol. The number of fused-ring (bicyclic) bond motifs is 2. The number of ether oxygens (including phenoxy) is 3. The van der Waals surface area contributed by atoms with Gasteiger partial charge in [0.25, 0.3) is 0 Å². The number of carbonyl (C=O) groups excluding carboxylic acids is 4. The maximum atomic E-state index is 17.2. The van der Waals surface area contributed by atoms with Gasteiger partial charge in [-0.1, -0.05) is 80.9 Å². The summed E-state index contributed by atoms with van der Waals surface area (Å²) in [5.74, 6) is -1.44. The van der Waals surface area contributed by atoms with Crippen molar-refractivity contribution < 1.29 is 48.0 Å². The molecule has 2 aromatic heterocycles. The van der Waals surface area contributed by atoms with E-state index in [1.165, 1.54) is 11.0 Å². The van der Waals surface area contributed by atoms with Crippen molar-refractivity contribution in [1.29, 1.82) is 0 Å². The van der Waals surface area contributed by atoms with Gasteiger partial charge in [0.1, 0.15) is 48.0 Å². The first-order valence-electron chi connectivity index (χ1n) is 27.7. The summed E-state index contributed by atoms with van der Waals surface area (Å²) < 4.78 is 35.0. The van der Waals surface area contributed by atoms with Crippen molar-refractivity contribution in [3.8, 4) is 33.3 Å². The van der Waals surface area contributed by atoms with E-state index in [0.717, 1.165) is 47.6 Å². The molecule has 4 amide bonds. The van der Waals surface area contributed by atoms with Crippen LogP contribution in [0.3, 0.4) is 0 Å². The highest BCUT2D eigenvalue weighted by atomic mass is 35.5. The van der Waals surface area contributed by atoms with Crippen molar-refractivity contribution >= 4 is 74.2 Å². The van der Waals surface area contributed by atoms with E-state index in [2.05, 4.69) is 25.5 Å². The van der Waals surface area contributed by atoms with E-state index in [0.29, 0.717) is 66.9 Å². The van der Waals surface area contributed by atoms with Gasteiger partial charge in [-0.15, -0.1) is 11.3 Å². The van der Waals surface area contributed by atoms with Crippen LogP contribution in [0.2, 0.25) is 5.02 Å². The monoisotopic (exact) mass is 1150 g/mol. The number of thiazole rings is 1. The number of halogens is 2. The number of β-amino-alcohol motifs (C(OH)–C–C–N with tert-alkyl or cyclic N) is 1. The number of likely N-dealkylation sites (tertiary alicyclic amines) is 2. The van der Waals surface area contributed by atoms with Gasteiger partial charge >= 0.3 is 12.1 Å². The number of benzene rings is 4. The molecule has 0 unspecified atom stereocenters. The lowest BCUT2D eigenvalue weighted by molar-refractivity contribution is -0.144. The number of carbonyl (C=O) groups is 4. The lowest BCUT2D eigenvalue weighted by atomic mass is 9.85. The average Bonchev–Trinajstić information content (AvgIpc) is 4.20. The summed E-state index contributed by atoms with van der Waals surface area (Å²) in [7, 11) is 0. The number of phenolic OH excluding ortho intramolecular Hbond substituents is 1. The van der Waals surface area contributed by atoms with Gasteiger partial charge in [-0.3, -0.25) is 19.3 Å². The number of nitrogens with zero attached hydrogens (tertiary/aromatic N) is 7. The fourth-order valence-corrected chi connectivity index (χ4v) is 11.9. The van der Waals surface area contributed by atoms with Crippen molar-refractivity contribution in [3.05, 3.63) is 94.3 Å². The summed E-state index contributed by atoms with van der Waals surface area (Å²) in [6, 6.07) is 17.7. The number of piperidine rings is 1. The minimum atomic E-state index is -0.992. The summed E-state index contributed by atoms with van der Waals surface area (Å²) in [4.78, 5) is 76.6. The number of hydrogen-bond acceptors (Lipinski definition) is 15. The Balaban J connectivity index is 0.784. The van der Waals surface area contributed by atoms with Crippen molar-refractivity contribution in [3.63, 3.8) is 0 Å². The van der Waals surface area contributed by atoms with Crippen molar-refractivity contribution in [2.75, 3.05) is 77.1 Å². The standard InChI is InChI=1S/C60H73ClFN9O9S/c1-35(38-13-15-39(16-14-38)52-36(2)63-34-81-52)64-55(75)47-29-42(73)31-71(47)56(76)53(59(3,4)5)65-48(74)33-78-32-37-17-19-68(20-18-37)25-26-79-57-66-51-45(54(67-57)69-21-23-70(24-22-69)58(77)80-60(6,7)8)30-46(61)49(50(51)62)44-28-41(72)27-40-11-9-10-12-43(40)44/h9-16,27-28,30,34-35,37,42,47,53,72-73H,17-26,29,31-33H2,1-8H3,(H,64,75)(H,65,74)/t35-,42+,47-,53+/m0/s1. The summed E-state index contributed by atoms with van der Waals surface area (Å²) in [5.41, 5.74) is 3.79. The number of anilines is 1. The Morgan fingerprint density at radius 3 is 2.31 bits per heavy atom. The Hall–Kier alpha value is -6.71. The van der Waals surface area contributed by atoms with Crippen LogP contribution in [-0.4, -0.2) is 160 Å². The minimum absolute atomic E-state index is 0.00175. The highest BCUT2D eigenvalue weighted by Crippen LogP contribution is 2.43. The lowest BCUT2D eigenvalue weighted by Crippen LogP contribution is -2.58. The SMILES string of the molecule is Cc1ncsc1-c1ccc([C@H](C)NC(=O)[C@@H]2C[C@@H](O)CN2C(=O)[C@@H](NC(=O)COCC2CCN(CCOc3nc(N4CCN(C(=O)OC(C)(C)C)CC4)c4cc(Cl)c(-c5cc(O)cc6ccccc56)c(F)c4n3)CC2)C(C)(C)C)cc1. The van der Waals surface area contributed by atoms with Crippen LogP contribution in [0, 0.1) is 24.1 Å². The third kappa shape index (κ3) is 14.0. The van der Waals surface area contributed by atoms with Crippen molar-refractivity contribution in [1.82, 2.24) is 40.3 Å². The summed E-state index contributed by atoms with van der Waals surface area (Å²) in [5, 5.41) is 29.3. The number of hydrogen-bond donors (Lipinski definition) is 4. The first kappa shape index (κ1) is 58.9. The molecule has 0 aliphatic carbocycles. The highest BCUT2D eigenvalue weighted by Gasteiger charge is 2.45. The number of aromatic hydroxyl groups is 1. The maximum absolute atomic E-state index is 17.2. The zero-order valence-corrected chi connectivity index (χ0v) is 48.8. The molecule has 0 radical (unpaired) electrons. The third-order valence-electron chi connectivity index (χ3n) is 15.2. The number of piperazine rings is 1. The Morgan fingerprint density at radius 2 is 1.63 bits per heavy atom. The van der Waals surface area contributed by atoms with Crippen LogP contribution in [0.15, 0.2) is 72.2 Å². The molecule has 3 aliphatic heterocycles. The van der Waals surface area contributed by atoms with Crippen LogP contribution in [-0.2, 0) is 23.9 Å². The van der Waals surface area contributed by atoms with Gasteiger partial charge in [-0.2, -0.15) is 9.97 Å². The maximum Gasteiger partial charge on any atom is 0.410 e. The van der Waals surface area contributed by atoms with Crippen molar-refractivity contribution in [2.45, 2.75) is 104 Å². The minimum Gasteiger partial charge on any atom is -0.508 e. The summed E-state index contributed by atoms with van der Waals surface area (Å²) in [6.07, 6.45) is 0.354. The molecule has 0 saturated carbocycles. The number of amides is 4. The largest absolute Gasteiger partial charge is 0.508 e. The lowest BCUT2D eigenvalue weighted by Gasteiger charge is -2.36. The smallest absolute Gasteiger partial charge is 0.410 e. The van der Waals surface area contributed by atoms with Crippen LogP contribution in [0.1, 0.15) is 85.0 Å². The van der Waals surface area contributed by atoms with E-state index in [1.54, 1.807) is 28.4 Å². The van der Waals surface area contributed by atoms with Gasteiger partial charge < -0.3 is 49.8 Å². The second kappa shape index (κ2) is 24.8. The van der Waals surface area contributed by atoms with Gasteiger partial charge in [0, 0.05) is 56.6 Å². The Morgan fingerprint density at radius 1 is 0.914 bits per heavy atom. The first-order chi connectivity index (χ1) is 38.5. The molecule has 18 nitrogen and oxygen atoms in total. The number of phenols is 1. The fraction of sp³-hybridized carbons (Fsp3) is 0.483. The zero-order chi connectivity index (χ0) is 57.9. The third-order valence-corrected chi connectivity index (χ3v) is 16.5. The topological polar surface area (TPSA) is 212 Å². The molecule has 3 fully saturated rings. The molecule has 9 rings (SSSR count). The molecule has 3 saturated heterocycles. The highest BCUT2D eigenvalue weighted by molar-refractivity contribution is 7.13.